The van der Waals surface area contributed by atoms with E-state index in [4.69, 9.17) is 16.3 Å². The van der Waals surface area contributed by atoms with Gasteiger partial charge in [0, 0.05) is 10.6 Å². The molecule has 0 atom stereocenters. The third-order valence-corrected chi connectivity index (χ3v) is 7.76. The van der Waals surface area contributed by atoms with E-state index in [1.165, 1.54) is 4.90 Å². The summed E-state index contributed by atoms with van der Waals surface area (Å²) < 4.78 is 6.37. The molecule has 0 spiro atoms. The second kappa shape index (κ2) is 10.4. The molecule has 6 heteroatoms. The Hall–Kier alpha value is -4.06. The largest absolute Gasteiger partial charge is 0.488 e. The number of halogens is 1. The third-order valence-electron chi connectivity index (χ3n) is 6.60. The van der Waals surface area contributed by atoms with Crippen LogP contribution in [0.3, 0.4) is 0 Å². The predicted octanol–water partition coefficient (Wildman–Crippen LogP) is 8.46. The van der Waals surface area contributed by atoms with Gasteiger partial charge in [-0.2, -0.15) is 0 Å². The quantitative estimate of drug-likeness (QED) is 0.205. The highest BCUT2D eigenvalue weighted by Gasteiger charge is 2.35. The van der Waals surface area contributed by atoms with Gasteiger partial charge in [0.05, 0.1) is 11.4 Å². The average molecular weight is 536 g/mol. The lowest BCUT2D eigenvalue weighted by atomic mass is 10.0. The van der Waals surface area contributed by atoms with E-state index in [9.17, 15) is 9.59 Å². The first-order valence-corrected chi connectivity index (χ1v) is 13.4. The van der Waals surface area contributed by atoms with Crippen molar-refractivity contribution in [3.63, 3.8) is 0 Å². The third kappa shape index (κ3) is 4.78. The zero-order valence-electron chi connectivity index (χ0n) is 20.3. The van der Waals surface area contributed by atoms with E-state index in [1.54, 1.807) is 18.2 Å². The van der Waals surface area contributed by atoms with Crippen molar-refractivity contribution in [2.75, 3.05) is 0 Å². The van der Waals surface area contributed by atoms with Gasteiger partial charge in [0.25, 0.3) is 11.1 Å². The summed E-state index contributed by atoms with van der Waals surface area (Å²) >= 11 is 6.93. The van der Waals surface area contributed by atoms with Crippen molar-refractivity contribution in [2.45, 2.75) is 13.2 Å². The van der Waals surface area contributed by atoms with Crippen molar-refractivity contribution in [3.8, 4) is 5.75 Å². The molecular weight excluding hydrogens is 514 g/mol. The first-order chi connectivity index (χ1) is 18.6. The van der Waals surface area contributed by atoms with Crippen LogP contribution in [0.15, 0.2) is 108 Å². The Morgan fingerprint density at radius 2 is 1.45 bits per heavy atom. The molecule has 1 heterocycles. The molecule has 0 N–H and O–H groups in total. The molecular formula is C32H22ClNO3S. The average Bonchev–Trinajstić information content (AvgIpc) is 3.21. The predicted molar refractivity (Wildman–Crippen MR) is 155 cm³/mol. The molecule has 0 saturated carbocycles. The molecule has 0 bridgehead atoms. The van der Waals surface area contributed by atoms with Gasteiger partial charge in [0.2, 0.25) is 0 Å². The summed E-state index contributed by atoms with van der Waals surface area (Å²) in [5.74, 6) is 0.337. The minimum atomic E-state index is -0.317. The maximum absolute atomic E-state index is 13.3. The van der Waals surface area contributed by atoms with E-state index in [1.807, 2.05) is 66.7 Å². The van der Waals surface area contributed by atoms with Crippen LogP contribution in [0.1, 0.15) is 16.7 Å². The van der Waals surface area contributed by atoms with E-state index in [0.29, 0.717) is 22.3 Å². The summed E-state index contributed by atoms with van der Waals surface area (Å²) in [7, 11) is 0. The van der Waals surface area contributed by atoms with Crippen LogP contribution < -0.4 is 4.74 Å². The van der Waals surface area contributed by atoms with Crippen molar-refractivity contribution in [1.29, 1.82) is 0 Å². The van der Waals surface area contributed by atoms with Gasteiger partial charge in [0.1, 0.15) is 12.4 Å². The Balaban J connectivity index is 1.34. The second-order valence-electron chi connectivity index (χ2n) is 9.02. The van der Waals surface area contributed by atoms with Gasteiger partial charge < -0.3 is 4.74 Å². The molecule has 1 aliphatic rings. The zero-order valence-corrected chi connectivity index (χ0v) is 21.8. The summed E-state index contributed by atoms with van der Waals surface area (Å²) in [6.07, 6.45) is 1.79. The number of hydrogen-bond acceptors (Lipinski definition) is 4. The summed E-state index contributed by atoms with van der Waals surface area (Å²) in [6.45, 7) is 0.567. The molecule has 186 valence electrons. The highest BCUT2D eigenvalue weighted by atomic mass is 35.5. The normalized spacial score (nSPS) is 14.7. The SMILES string of the molecule is O=C1S/C(=C\c2c(OCc3cccc4ccccc34)ccc3ccccc23)C(=O)N1Cc1ccc(Cl)cc1. The minimum absolute atomic E-state index is 0.194. The van der Waals surface area contributed by atoms with Crippen LogP contribution in [0.25, 0.3) is 27.6 Å². The smallest absolute Gasteiger partial charge is 0.293 e. The maximum atomic E-state index is 13.3. The molecule has 5 aromatic rings. The van der Waals surface area contributed by atoms with E-state index >= 15 is 0 Å². The summed E-state index contributed by atoms with van der Waals surface area (Å²) in [5.41, 5.74) is 2.69. The van der Waals surface area contributed by atoms with Crippen molar-refractivity contribution in [3.05, 3.63) is 130 Å². The van der Waals surface area contributed by atoms with E-state index < -0.39 is 0 Å². The number of thioether (sulfide) groups is 1. The fourth-order valence-corrected chi connectivity index (χ4v) is 5.61. The lowest BCUT2D eigenvalue weighted by Crippen LogP contribution is -2.27. The van der Waals surface area contributed by atoms with Crippen LogP contribution in [0.5, 0.6) is 5.75 Å². The number of nitrogens with zero attached hydrogens (tertiary/aromatic N) is 1. The molecule has 4 nitrogen and oxygen atoms in total. The van der Waals surface area contributed by atoms with Crippen LogP contribution in [0.2, 0.25) is 5.02 Å². The Labute approximate surface area is 229 Å². The highest BCUT2D eigenvalue weighted by Crippen LogP contribution is 2.38. The Bertz CT molecular complexity index is 1720. The number of amides is 2. The van der Waals surface area contributed by atoms with Gasteiger partial charge in [-0.05, 0) is 68.7 Å². The zero-order chi connectivity index (χ0) is 26.1. The van der Waals surface area contributed by atoms with Gasteiger partial charge in [-0.1, -0.05) is 96.5 Å². The number of benzene rings is 5. The Kier molecular flexibility index (Phi) is 6.62. The molecule has 5 aromatic carbocycles. The molecule has 2 amide bonds. The number of rotatable bonds is 6. The minimum Gasteiger partial charge on any atom is -0.488 e. The van der Waals surface area contributed by atoms with Crippen LogP contribution in [0, 0.1) is 0 Å². The van der Waals surface area contributed by atoms with Crippen LogP contribution >= 0.6 is 23.4 Å². The van der Waals surface area contributed by atoms with E-state index in [0.717, 1.165) is 50.0 Å². The van der Waals surface area contributed by atoms with Gasteiger partial charge in [-0.3, -0.25) is 14.5 Å². The van der Waals surface area contributed by atoms with Gasteiger partial charge in [-0.25, -0.2) is 0 Å². The van der Waals surface area contributed by atoms with Gasteiger partial charge in [0.15, 0.2) is 0 Å². The van der Waals surface area contributed by atoms with Gasteiger partial charge >= 0.3 is 0 Å². The number of carbonyl (C=O) groups excluding carboxylic acids is 2. The number of hydrogen-bond donors (Lipinski definition) is 0. The molecule has 0 aliphatic carbocycles. The first-order valence-electron chi connectivity index (χ1n) is 12.2. The molecule has 0 radical (unpaired) electrons. The van der Waals surface area contributed by atoms with Gasteiger partial charge in [-0.15, -0.1) is 0 Å². The molecule has 1 fully saturated rings. The second-order valence-corrected chi connectivity index (χ2v) is 10.4. The van der Waals surface area contributed by atoms with Crippen molar-refractivity contribution >= 4 is 62.1 Å². The summed E-state index contributed by atoms with van der Waals surface area (Å²) in [6, 6.07) is 33.4. The number of imide groups is 1. The van der Waals surface area contributed by atoms with Crippen LogP contribution in [-0.4, -0.2) is 16.0 Å². The standard InChI is InChI=1S/C32H22ClNO3S/c33-25-15-12-21(13-16-25)19-34-31(35)30(38-32(34)36)18-28-27-11-4-2-7-23(27)14-17-29(28)37-20-24-9-5-8-22-6-1-3-10-26(22)24/h1-18H,19-20H2/b30-18-. The maximum Gasteiger partial charge on any atom is 0.293 e. The lowest BCUT2D eigenvalue weighted by Gasteiger charge is -2.14. The number of carbonyl (C=O) groups is 2. The molecule has 0 aromatic heterocycles. The summed E-state index contributed by atoms with van der Waals surface area (Å²) in [4.78, 5) is 27.8. The van der Waals surface area contributed by atoms with Crippen molar-refractivity contribution in [2.24, 2.45) is 0 Å². The van der Waals surface area contributed by atoms with Crippen molar-refractivity contribution in [1.82, 2.24) is 4.90 Å². The molecule has 1 aliphatic heterocycles. The molecule has 1 saturated heterocycles. The van der Waals surface area contributed by atoms with E-state index in [2.05, 4.69) is 24.3 Å². The number of fused-ring (bicyclic) bond motifs is 2. The summed E-state index contributed by atoms with van der Waals surface area (Å²) in [5, 5.41) is 4.58. The molecule has 6 rings (SSSR count). The van der Waals surface area contributed by atoms with E-state index in [-0.39, 0.29) is 17.7 Å². The fraction of sp³-hybridized carbons (Fsp3) is 0.0625. The molecule has 38 heavy (non-hydrogen) atoms. The van der Waals surface area contributed by atoms with Crippen molar-refractivity contribution < 1.29 is 14.3 Å². The van der Waals surface area contributed by atoms with Crippen LogP contribution in [0.4, 0.5) is 4.79 Å². The lowest BCUT2D eigenvalue weighted by molar-refractivity contribution is -0.123. The molecule has 0 unspecified atom stereocenters. The topological polar surface area (TPSA) is 46.6 Å². The Morgan fingerprint density at radius 3 is 2.24 bits per heavy atom. The van der Waals surface area contributed by atoms with Crippen LogP contribution in [-0.2, 0) is 17.9 Å². The number of ether oxygens (including phenoxy) is 1. The first kappa shape index (κ1) is 24.3. The monoisotopic (exact) mass is 535 g/mol. The fourth-order valence-electron chi connectivity index (χ4n) is 4.66. The highest BCUT2D eigenvalue weighted by molar-refractivity contribution is 8.18. The Morgan fingerprint density at radius 1 is 0.763 bits per heavy atom.